The largest absolute Gasteiger partial charge is 0.375 e. The Bertz CT molecular complexity index is 465. The molecule has 2 aliphatic rings. The molecular formula is C15H19F2NO. The zero-order chi connectivity index (χ0) is 13.4. The van der Waals surface area contributed by atoms with Gasteiger partial charge in [0.15, 0.2) is 0 Å². The first-order valence-corrected chi connectivity index (χ1v) is 6.94. The van der Waals surface area contributed by atoms with Crippen molar-refractivity contribution in [2.24, 2.45) is 5.92 Å². The van der Waals surface area contributed by atoms with E-state index in [1.807, 2.05) is 7.05 Å². The van der Waals surface area contributed by atoms with Gasteiger partial charge in [0.1, 0.15) is 11.6 Å². The highest BCUT2D eigenvalue weighted by Gasteiger charge is 2.43. The van der Waals surface area contributed by atoms with Crippen molar-refractivity contribution in [3.63, 3.8) is 0 Å². The Balaban J connectivity index is 1.73. The molecule has 4 heteroatoms. The smallest absolute Gasteiger partial charge is 0.129 e. The number of fused-ring (bicyclic) bond motifs is 2. The molecule has 4 unspecified atom stereocenters. The van der Waals surface area contributed by atoms with Crippen molar-refractivity contribution in [3.05, 3.63) is 35.4 Å². The van der Waals surface area contributed by atoms with E-state index in [-0.39, 0.29) is 6.04 Å². The zero-order valence-electron chi connectivity index (χ0n) is 11.0. The van der Waals surface area contributed by atoms with E-state index < -0.39 is 11.6 Å². The van der Waals surface area contributed by atoms with Crippen LogP contribution in [0.15, 0.2) is 18.2 Å². The van der Waals surface area contributed by atoms with Crippen LogP contribution in [-0.4, -0.2) is 25.3 Å². The minimum absolute atomic E-state index is 0.190. The van der Waals surface area contributed by atoms with Crippen molar-refractivity contribution in [1.82, 2.24) is 5.32 Å². The fourth-order valence-electron chi connectivity index (χ4n) is 3.49. The van der Waals surface area contributed by atoms with E-state index in [9.17, 15) is 8.78 Å². The lowest BCUT2D eigenvalue weighted by atomic mass is 9.81. The molecule has 2 nitrogen and oxygen atoms in total. The zero-order valence-corrected chi connectivity index (χ0v) is 11.0. The molecule has 0 spiro atoms. The lowest BCUT2D eigenvalue weighted by molar-refractivity contribution is 0.0862. The fraction of sp³-hybridized carbons (Fsp3) is 0.600. The third-order valence-corrected chi connectivity index (χ3v) is 4.50. The van der Waals surface area contributed by atoms with Gasteiger partial charge in [0.2, 0.25) is 0 Å². The maximum Gasteiger partial charge on any atom is 0.129 e. The van der Waals surface area contributed by atoms with Gasteiger partial charge in [0.25, 0.3) is 0 Å². The molecule has 1 aromatic carbocycles. The van der Waals surface area contributed by atoms with E-state index >= 15 is 0 Å². The minimum Gasteiger partial charge on any atom is -0.375 e. The lowest BCUT2D eigenvalue weighted by Gasteiger charge is -2.28. The molecule has 1 N–H and O–H groups in total. The lowest BCUT2D eigenvalue weighted by Crippen LogP contribution is -2.40. The van der Waals surface area contributed by atoms with E-state index in [1.165, 1.54) is 6.07 Å². The molecule has 0 aliphatic carbocycles. The van der Waals surface area contributed by atoms with Gasteiger partial charge in [0, 0.05) is 18.0 Å². The molecule has 0 amide bonds. The number of likely N-dealkylation sites (N-methyl/N-ethyl adjacent to an activating group) is 1. The number of hydrogen-bond donors (Lipinski definition) is 1. The average Bonchev–Trinajstić information content (AvgIpc) is 3.00. The van der Waals surface area contributed by atoms with Crippen LogP contribution in [0.5, 0.6) is 0 Å². The highest BCUT2D eigenvalue weighted by atomic mass is 19.1. The summed E-state index contributed by atoms with van der Waals surface area (Å²) in [5, 5.41) is 3.28. The second-order valence-corrected chi connectivity index (χ2v) is 5.61. The average molecular weight is 267 g/mol. The summed E-state index contributed by atoms with van der Waals surface area (Å²) in [6, 6.07) is 4.01. The molecular weight excluding hydrogens is 248 g/mol. The predicted octanol–water partition coefficient (Wildman–Crippen LogP) is 2.66. The molecule has 2 aliphatic heterocycles. The van der Waals surface area contributed by atoms with Crippen LogP contribution in [0.1, 0.15) is 24.8 Å². The Morgan fingerprint density at radius 2 is 2.21 bits per heavy atom. The highest BCUT2D eigenvalue weighted by Crippen LogP contribution is 2.41. The van der Waals surface area contributed by atoms with E-state index in [0.29, 0.717) is 30.1 Å². The molecule has 0 saturated carbocycles. The summed E-state index contributed by atoms with van der Waals surface area (Å²) in [6.07, 6.45) is 4.61. The Kier molecular flexibility index (Phi) is 3.54. The molecule has 1 aromatic rings. The number of halogens is 2. The summed E-state index contributed by atoms with van der Waals surface area (Å²) in [6.45, 7) is 0. The molecule has 4 atom stereocenters. The quantitative estimate of drug-likeness (QED) is 0.905. The van der Waals surface area contributed by atoms with Gasteiger partial charge in [-0.05, 0) is 44.4 Å². The van der Waals surface area contributed by atoms with Gasteiger partial charge in [-0.2, -0.15) is 0 Å². The second-order valence-electron chi connectivity index (χ2n) is 5.61. The van der Waals surface area contributed by atoms with Crippen LogP contribution in [0.4, 0.5) is 8.78 Å². The van der Waals surface area contributed by atoms with Crippen LogP contribution in [0.3, 0.4) is 0 Å². The van der Waals surface area contributed by atoms with E-state index in [1.54, 1.807) is 6.07 Å². The SMILES string of the molecule is CNC(Cc1ccc(F)cc1F)C1CC2CCC1O2. The molecule has 2 heterocycles. The maximum absolute atomic E-state index is 13.7. The fourth-order valence-corrected chi connectivity index (χ4v) is 3.49. The van der Waals surface area contributed by atoms with Gasteiger partial charge in [-0.25, -0.2) is 8.78 Å². The Morgan fingerprint density at radius 1 is 1.37 bits per heavy atom. The number of benzene rings is 1. The Hall–Kier alpha value is -1.00. The molecule has 0 radical (unpaired) electrons. The van der Waals surface area contributed by atoms with Crippen molar-refractivity contribution in [2.75, 3.05) is 7.05 Å². The van der Waals surface area contributed by atoms with E-state index in [2.05, 4.69) is 5.32 Å². The third kappa shape index (κ3) is 2.51. The number of ether oxygens (including phenoxy) is 1. The Labute approximate surface area is 112 Å². The van der Waals surface area contributed by atoms with Gasteiger partial charge in [-0.15, -0.1) is 0 Å². The van der Waals surface area contributed by atoms with Gasteiger partial charge in [-0.1, -0.05) is 6.07 Å². The van der Waals surface area contributed by atoms with Crippen molar-refractivity contribution in [2.45, 2.75) is 43.9 Å². The van der Waals surface area contributed by atoms with Crippen LogP contribution in [0.25, 0.3) is 0 Å². The molecule has 2 bridgehead atoms. The summed E-state index contributed by atoms with van der Waals surface area (Å²) in [5.74, 6) is -0.539. The second kappa shape index (κ2) is 5.17. The van der Waals surface area contributed by atoms with E-state index in [4.69, 9.17) is 4.74 Å². The molecule has 2 saturated heterocycles. The van der Waals surface area contributed by atoms with Crippen molar-refractivity contribution < 1.29 is 13.5 Å². The normalized spacial score (nSPS) is 30.8. The van der Waals surface area contributed by atoms with Gasteiger partial charge >= 0.3 is 0 Å². The molecule has 3 rings (SSSR count). The summed E-state index contributed by atoms with van der Waals surface area (Å²) < 4.78 is 32.5. The predicted molar refractivity (Wildman–Crippen MR) is 68.9 cm³/mol. The monoisotopic (exact) mass is 267 g/mol. The molecule has 19 heavy (non-hydrogen) atoms. The third-order valence-electron chi connectivity index (χ3n) is 4.50. The van der Waals surface area contributed by atoms with Crippen LogP contribution < -0.4 is 5.32 Å². The molecule has 104 valence electrons. The Morgan fingerprint density at radius 3 is 2.79 bits per heavy atom. The maximum atomic E-state index is 13.7. The molecule has 2 fully saturated rings. The van der Waals surface area contributed by atoms with Crippen LogP contribution in [0, 0.1) is 17.6 Å². The first kappa shape index (κ1) is 13.0. The van der Waals surface area contributed by atoms with Crippen LogP contribution in [-0.2, 0) is 11.2 Å². The first-order chi connectivity index (χ1) is 9.17. The topological polar surface area (TPSA) is 21.3 Å². The minimum atomic E-state index is -0.523. The van der Waals surface area contributed by atoms with Gasteiger partial charge in [-0.3, -0.25) is 0 Å². The standard InChI is InChI=1S/C15H19F2NO/c1-18-14(12-8-11-4-5-15(12)19-11)6-9-2-3-10(16)7-13(9)17/h2-3,7,11-12,14-15,18H,4-6,8H2,1H3. The summed E-state index contributed by atoms with van der Waals surface area (Å²) in [5.41, 5.74) is 0.573. The summed E-state index contributed by atoms with van der Waals surface area (Å²) >= 11 is 0. The highest BCUT2D eigenvalue weighted by molar-refractivity contribution is 5.20. The first-order valence-electron chi connectivity index (χ1n) is 6.94. The van der Waals surface area contributed by atoms with Crippen molar-refractivity contribution in [1.29, 1.82) is 0 Å². The summed E-state index contributed by atoms with van der Waals surface area (Å²) in [4.78, 5) is 0. The number of nitrogens with one attached hydrogen (secondary N) is 1. The summed E-state index contributed by atoms with van der Waals surface area (Å²) in [7, 11) is 1.90. The van der Waals surface area contributed by atoms with Crippen LogP contribution >= 0.6 is 0 Å². The van der Waals surface area contributed by atoms with Gasteiger partial charge in [0.05, 0.1) is 12.2 Å². The van der Waals surface area contributed by atoms with E-state index in [0.717, 1.165) is 25.3 Å². The number of rotatable bonds is 4. The molecule has 0 aromatic heterocycles. The number of hydrogen-bond acceptors (Lipinski definition) is 2. The van der Waals surface area contributed by atoms with Crippen LogP contribution in [0.2, 0.25) is 0 Å². The van der Waals surface area contributed by atoms with Crippen molar-refractivity contribution in [3.8, 4) is 0 Å². The van der Waals surface area contributed by atoms with Crippen molar-refractivity contribution >= 4 is 0 Å². The van der Waals surface area contributed by atoms with Gasteiger partial charge < -0.3 is 10.1 Å².